The second-order valence-electron chi connectivity index (χ2n) is 6.99. The van der Waals surface area contributed by atoms with E-state index in [0.29, 0.717) is 5.92 Å². The lowest BCUT2D eigenvalue weighted by molar-refractivity contribution is 0.284. The summed E-state index contributed by atoms with van der Waals surface area (Å²) in [5, 5.41) is 4.49. The van der Waals surface area contributed by atoms with Crippen LogP contribution in [0.15, 0.2) is 42.5 Å². The zero-order valence-corrected chi connectivity index (χ0v) is 15.8. The largest absolute Gasteiger partial charge is 0.495 e. The van der Waals surface area contributed by atoms with Crippen molar-refractivity contribution in [1.82, 2.24) is 0 Å². The second-order valence-corrected chi connectivity index (χ2v) is 6.99. The van der Waals surface area contributed by atoms with Crippen LogP contribution in [0.25, 0.3) is 21.5 Å². The van der Waals surface area contributed by atoms with Crippen molar-refractivity contribution in [2.24, 2.45) is 5.92 Å². The van der Waals surface area contributed by atoms with Crippen LogP contribution in [-0.4, -0.2) is 13.7 Å². The van der Waals surface area contributed by atoms with E-state index in [1.54, 1.807) is 7.11 Å². The lowest BCUT2D eigenvalue weighted by Gasteiger charge is -2.18. The summed E-state index contributed by atoms with van der Waals surface area (Å²) in [4.78, 5) is 0. The molecule has 3 aromatic rings. The Hall–Kier alpha value is -2.22. The van der Waals surface area contributed by atoms with Crippen LogP contribution in [0.5, 0.6) is 11.5 Å². The Balaban J connectivity index is 2.08. The fraction of sp³-hybridized carbons (Fsp3) is 0.391. The van der Waals surface area contributed by atoms with Crippen LogP contribution in [0.1, 0.15) is 38.7 Å². The van der Waals surface area contributed by atoms with Crippen LogP contribution in [0.3, 0.4) is 0 Å². The summed E-state index contributed by atoms with van der Waals surface area (Å²) in [5.41, 5.74) is 1.23. The molecule has 0 amide bonds. The van der Waals surface area contributed by atoms with Crippen molar-refractivity contribution in [3.8, 4) is 11.5 Å². The van der Waals surface area contributed by atoms with Gasteiger partial charge in [-0.15, -0.1) is 0 Å². The van der Waals surface area contributed by atoms with Crippen LogP contribution >= 0.6 is 0 Å². The number of hydrogen-bond acceptors (Lipinski definition) is 2. The van der Waals surface area contributed by atoms with Gasteiger partial charge in [-0.1, -0.05) is 68.7 Å². The molecule has 0 radical (unpaired) electrons. The summed E-state index contributed by atoms with van der Waals surface area (Å²) < 4.78 is 12.1. The molecule has 0 aromatic heterocycles. The molecule has 0 aliphatic carbocycles. The summed E-state index contributed by atoms with van der Waals surface area (Å²) in [6.07, 6.45) is 3.57. The van der Waals surface area contributed by atoms with Crippen LogP contribution in [0, 0.1) is 12.8 Å². The SMILES string of the molecule is CCCC(C)CCOc1c2ccccc2c(OC)c2cc(C)ccc12. The predicted octanol–water partition coefficient (Wildman–Crippen LogP) is 6.52. The third-order valence-corrected chi connectivity index (χ3v) is 4.92. The summed E-state index contributed by atoms with van der Waals surface area (Å²) in [7, 11) is 1.75. The zero-order chi connectivity index (χ0) is 17.8. The zero-order valence-electron chi connectivity index (χ0n) is 15.8. The molecule has 3 aromatic carbocycles. The molecule has 0 fully saturated rings. The van der Waals surface area contributed by atoms with E-state index >= 15 is 0 Å². The van der Waals surface area contributed by atoms with E-state index in [4.69, 9.17) is 9.47 Å². The van der Waals surface area contributed by atoms with Gasteiger partial charge >= 0.3 is 0 Å². The minimum atomic E-state index is 0.697. The minimum absolute atomic E-state index is 0.697. The van der Waals surface area contributed by atoms with Gasteiger partial charge in [0.25, 0.3) is 0 Å². The van der Waals surface area contributed by atoms with Crippen molar-refractivity contribution in [3.63, 3.8) is 0 Å². The van der Waals surface area contributed by atoms with E-state index in [0.717, 1.165) is 46.1 Å². The number of benzene rings is 3. The Labute approximate surface area is 150 Å². The molecule has 0 saturated heterocycles. The van der Waals surface area contributed by atoms with Crippen LogP contribution in [-0.2, 0) is 0 Å². The van der Waals surface area contributed by atoms with Gasteiger partial charge in [0.15, 0.2) is 0 Å². The normalized spacial score (nSPS) is 12.5. The summed E-state index contributed by atoms with van der Waals surface area (Å²) in [6, 6.07) is 14.8. The van der Waals surface area contributed by atoms with E-state index in [1.807, 2.05) is 0 Å². The molecule has 0 aliphatic rings. The number of aryl methyl sites for hydroxylation is 1. The highest BCUT2D eigenvalue weighted by molar-refractivity contribution is 6.11. The van der Waals surface area contributed by atoms with Crippen molar-refractivity contribution in [2.45, 2.75) is 40.0 Å². The Morgan fingerprint density at radius 1 is 0.880 bits per heavy atom. The molecule has 0 N–H and O–H groups in total. The summed E-state index contributed by atoms with van der Waals surface area (Å²) in [5.74, 6) is 2.61. The number of fused-ring (bicyclic) bond motifs is 2. The van der Waals surface area contributed by atoms with Crippen LogP contribution in [0.2, 0.25) is 0 Å². The van der Waals surface area contributed by atoms with Crippen molar-refractivity contribution in [2.75, 3.05) is 13.7 Å². The van der Waals surface area contributed by atoms with E-state index in [-0.39, 0.29) is 0 Å². The molecule has 0 heterocycles. The monoisotopic (exact) mass is 336 g/mol. The first-order valence-electron chi connectivity index (χ1n) is 9.27. The van der Waals surface area contributed by atoms with Gasteiger partial charge in [0, 0.05) is 21.5 Å². The topological polar surface area (TPSA) is 18.5 Å². The molecule has 2 heteroatoms. The molecule has 0 saturated carbocycles. The second kappa shape index (κ2) is 7.77. The van der Waals surface area contributed by atoms with E-state index < -0.39 is 0 Å². The number of methoxy groups -OCH3 is 1. The first-order valence-corrected chi connectivity index (χ1v) is 9.27. The maximum atomic E-state index is 6.33. The summed E-state index contributed by atoms with van der Waals surface area (Å²) in [6.45, 7) is 7.41. The van der Waals surface area contributed by atoms with Crippen molar-refractivity contribution >= 4 is 21.5 Å². The first-order chi connectivity index (χ1) is 12.2. The highest BCUT2D eigenvalue weighted by Gasteiger charge is 2.15. The first kappa shape index (κ1) is 17.6. The Bertz CT molecular complexity index is 867. The highest BCUT2D eigenvalue weighted by Crippen LogP contribution is 2.42. The Kier molecular flexibility index (Phi) is 5.47. The maximum absolute atomic E-state index is 6.33. The smallest absolute Gasteiger partial charge is 0.135 e. The molecular weight excluding hydrogens is 308 g/mol. The predicted molar refractivity (Wildman–Crippen MR) is 107 cm³/mol. The van der Waals surface area contributed by atoms with E-state index in [9.17, 15) is 0 Å². The average Bonchev–Trinajstić information content (AvgIpc) is 2.61. The number of rotatable bonds is 7. The molecule has 0 spiro atoms. The van der Waals surface area contributed by atoms with Crippen molar-refractivity contribution in [3.05, 3.63) is 48.0 Å². The molecule has 0 bridgehead atoms. The van der Waals surface area contributed by atoms with Crippen molar-refractivity contribution < 1.29 is 9.47 Å². The van der Waals surface area contributed by atoms with Gasteiger partial charge in [-0.25, -0.2) is 0 Å². The van der Waals surface area contributed by atoms with Crippen LogP contribution < -0.4 is 9.47 Å². The lowest BCUT2D eigenvalue weighted by Crippen LogP contribution is -2.05. The molecule has 3 rings (SSSR count). The minimum Gasteiger partial charge on any atom is -0.495 e. The number of hydrogen-bond donors (Lipinski definition) is 0. The third-order valence-electron chi connectivity index (χ3n) is 4.92. The lowest BCUT2D eigenvalue weighted by atomic mass is 9.99. The third kappa shape index (κ3) is 3.58. The molecule has 1 atom stereocenters. The fourth-order valence-electron chi connectivity index (χ4n) is 3.59. The average molecular weight is 336 g/mol. The van der Waals surface area contributed by atoms with E-state index in [1.165, 1.54) is 18.4 Å². The number of ether oxygens (including phenoxy) is 2. The highest BCUT2D eigenvalue weighted by atomic mass is 16.5. The van der Waals surface area contributed by atoms with Gasteiger partial charge < -0.3 is 9.47 Å². The molecule has 25 heavy (non-hydrogen) atoms. The Morgan fingerprint density at radius 2 is 1.56 bits per heavy atom. The molecule has 1 unspecified atom stereocenters. The molecule has 2 nitrogen and oxygen atoms in total. The fourth-order valence-corrected chi connectivity index (χ4v) is 3.59. The van der Waals surface area contributed by atoms with Crippen LogP contribution in [0.4, 0.5) is 0 Å². The standard InChI is InChI=1S/C23H28O2/c1-5-8-16(2)13-14-25-23-19-10-7-6-9-18(19)22(24-4)21-15-17(3)11-12-20(21)23/h6-7,9-12,15-16H,5,8,13-14H2,1-4H3. The van der Waals surface area contributed by atoms with Gasteiger partial charge in [0.1, 0.15) is 11.5 Å². The Morgan fingerprint density at radius 3 is 2.24 bits per heavy atom. The molecule has 0 aliphatic heterocycles. The van der Waals surface area contributed by atoms with Gasteiger partial charge in [0.2, 0.25) is 0 Å². The quantitative estimate of drug-likeness (QED) is 0.458. The van der Waals surface area contributed by atoms with Gasteiger partial charge in [-0.05, 0) is 25.3 Å². The van der Waals surface area contributed by atoms with E-state index in [2.05, 4.69) is 63.2 Å². The molecular formula is C23H28O2. The van der Waals surface area contributed by atoms with Gasteiger partial charge in [-0.3, -0.25) is 0 Å². The molecule has 132 valence electrons. The van der Waals surface area contributed by atoms with Crippen molar-refractivity contribution in [1.29, 1.82) is 0 Å². The summed E-state index contributed by atoms with van der Waals surface area (Å²) >= 11 is 0. The van der Waals surface area contributed by atoms with Gasteiger partial charge in [-0.2, -0.15) is 0 Å². The maximum Gasteiger partial charge on any atom is 0.135 e. The van der Waals surface area contributed by atoms with Gasteiger partial charge in [0.05, 0.1) is 13.7 Å².